The predicted octanol–water partition coefficient (Wildman–Crippen LogP) is 1.35. The van der Waals surface area contributed by atoms with Gasteiger partial charge in [0.25, 0.3) is 0 Å². The fraction of sp³-hybridized carbons (Fsp3) is 0.800. The molecular formula is C10H19NO3S. The van der Waals surface area contributed by atoms with E-state index in [2.05, 4.69) is 19.2 Å². The van der Waals surface area contributed by atoms with Crippen molar-refractivity contribution in [2.75, 3.05) is 12.3 Å². The van der Waals surface area contributed by atoms with E-state index in [9.17, 15) is 9.59 Å². The van der Waals surface area contributed by atoms with Gasteiger partial charge in [0.1, 0.15) is 0 Å². The molecule has 15 heavy (non-hydrogen) atoms. The van der Waals surface area contributed by atoms with Crippen molar-refractivity contribution in [3.05, 3.63) is 0 Å². The van der Waals surface area contributed by atoms with Crippen LogP contribution in [0.15, 0.2) is 0 Å². The normalized spacial score (nSPS) is 12.5. The second kappa shape index (κ2) is 7.56. The topological polar surface area (TPSA) is 66.4 Å². The lowest BCUT2D eigenvalue weighted by Crippen LogP contribution is -2.32. The van der Waals surface area contributed by atoms with Gasteiger partial charge in [0.2, 0.25) is 5.91 Å². The smallest absolute Gasteiger partial charge is 0.313 e. The van der Waals surface area contributed by atoms with Crippen molar-refractivity contribution in [2.45, 2.75) is 32.4 Å². The highest BCUT2D eigenvalue weighted by Gasteiger charge is 2.14. The first-order valence-corrected chi connectivity index (χ1v) is 6.09. The quantitative estimate of drug-likeness (QED) is 0.696. The molecule has 2 N–H and O–H groups in total. The number of thioether (sulfide) groups is 1. The SMILES string of the molecule is CC(C)CCNC(=O)C(C)SCC(=O)O. The summed E-state index contributed by atoms with van der Waals surface area (Å²) in [6.07, 6.45) is 0.946. The molecular weight excluding hydrogens is 214 g/mol. The minimum Gasteiger partial charge on any atom is -0.481 e. The molecule has 0 radical (unpaired) electrons. The fourth-order valence-electron chi connectivity index (χ4n) is 0.900. The van der Waals surface area contributed by atoms with Crippen molar-refractivity contribution < 1.29 is 14.7 Å². The van der Waals surface area contributed by atoms with E-state index in [0.717, 1.165) is 18.2 Å². The van der Waals surface area contributed by atoms with Gasteiger partial charge in [-0.1, -0.05) is 13.8 Å². The predicted molar refractivity (Wildman–Crippen MR) is 62.0 cm³/mol. The molecule has 0 aliphatic rings. The molecule has 0 spiro atoms. The number of hydrogen-bond acceptors (Lipinski definition) is 3. The molecule has 0 heterocycles. The summed E-state index contributed by atoms with van der Waals surface area (Å²) in [7, 11) is 0. The largest absolute Gasteiger partial charge is 0.481 e. The van der Waals surface area contributed by atoms with Crippen LogP contribution in [-0.2, 0) is 9.59 Å². The highest BCUT2D eigenvalue weighted by molar-refractivity contribution is 8.01. The zero-order valence-electron chi connectivity index (χ0n) is 9.45. The zero-order chi connectivity index (χ0) is 11.8. The zero-order valence-corrected chi connectivity index (χ0v) is 10.3. The molecule has 1 unspecified atom stereocenters. The number of aliphatic carboxylic acids is 1. The molecule has 0 aliphatic carbocycles. The van der Waals surface area contributed by atoms with Gasteiger partial charge < -0.3 is 10.4 Å². The number of hydrogen-bond donors (Lipinski definition) is 2. The molecule has 5 heteroatoms. The maximum atomic E-state index is 11.4. The Balaban J connectivity index is 3.64. The van der Waals surface area contributed by atoms with E-state index in [0.29, 0.717) is 12.5 Å². The maximum Gasteiger partial charge on any atom is 0.313 e. The van der Waals surface area contributed by atoms with Crippen molar-refractivity contribution in [3.8, 4) is 0 Å². The number of amides is 1. The second-order valence-corrected chi connectivity index (χ2v) is 5.15. The van der Waals surface area contributed by atoms with Crippen LogP contribution in [0, 0.1) is 5.92 Å². The standard InChI is InChI=1S/C10H19NO3S/c1-7(2)4-5-11-10(14)8(3)15-6-9(12)13/h7-8H,4-6H2,1-3H3,(H,11,14)(H,12,13). The molecule has 1 amide bonds. The van der Waals surface area contributed by atoms with E-state index in [-0.39, 0.29) is 16.9 Å². The number of carbonyl (C=O) groups is 2. The van der Waals surface area contributed by atoms with Gasteiger partial charge in [0, 0.05) is 6.54 Å². The molecule has 0 saturated heterocycles. The first kappa shape index (κ1) is 14.3. The highest BCUT2D eigenvalue weighted by atomic mass is 32.2. The summed E-state index contributed by atoms with van der Waals surface area (Å²) in [6, 6.07) is 0. The van der Waals surface area contributed by atoms with Crippen molar-refractivity contribution in [1.82, 2.24) is 5.32 Å². The summed E-state index contributed by atoms with van der Waals surface area (Å²) in [5.41, 5.74) is 0. The number of carboxylic acid groups (broad SMARTS) is 1. The molecule has 0 bridgehead atoms. The number of carboxylic acids is 1. The van der Waals surface area contributed by atoms with Gasteiger partial charge >= 0.3 is 5.97 Å². The van der Waals surface area contributed by atoms with E-state index >= 15 is 0 Å². The van der Waals surface area contributed by atoms with E-state index in [1.165, 1.54) is 0 Å². The molecule has 0 aliphatic heterocycles. The van der Waals surface area contributed by atoms with Crippen molar-refractivity contribution in [1.29, 1.82) is 0 Å². The molecule has 0 fully saturated rings. The van der Waals surface area contributed by atoms with Crippen LogP contribution in [0.25, 0.3) is 0 Å². The van der Waals surface area contributed by atoms with Crippen molar-refractivity contribution >= 4 is 23.6 Å². The number of carbonyl (C=O) groups excluding carboxylic acids is 1. The van der Waals surface area contributed by atoms with Crippen LogP contribution in [0.4, 0.5) is 0 Å². The third kappa shape index (κ3) is 8.30. The number of rotatable bonds is 7. The average Bonchev–Trinajstić information content (AvgIpc) is 2.13. The van der Waals surface area contributed by atoms with Crippen molar-refractivity contribution in [2.24, 2.45) is 5.92 Å². The molecule has 0 aromatic carbocycles. The van der Waals surface area contributed by atoms with Crippen LogP contribution < -0.4 is 5.32 Å². The third-order valence-corrected chi connectivity index (χ3v) is 2.97. The summed E-state index contributed by atoms with van der Waals surface area (Å²) in [5, 5.41) is 10.9. The summed E-state index contributed by atoms with van der Waals surface area (Å²) in [6.45, 7) is 6.57. The van der Waals surface area contributed by atoms with Crippen LogP contribution in [0.5, 0.6) is 0 Å². The Labute approximate surface area is 94.8 Å². The Hall–Kier alpha value is -0.710. The van der Waals surface area contributed by atoms with E-state index in [1.54, 1.807) is 6.92 Å². The monoisotopic (exact) mass is 233 g/mol. The minimum atomic E-state index is -0.887. The van der Waals surface area contributed by atoms with Crippen LogP contribution >= 0.6 is 11.8 Å². The van der Waals surface area contributed by atoms with Gasteiger partial charge in [0.05, 0.1) is 11.0 Å². The summed E-state index contributed by atoms with van der Waals surface area (Å²) in [4.78, 5) is 21.7. The van der Waals surface area contributed by atoms with Gasteiger partial charge in [-0.15, -0.1) is 11.8 Å². The lowest BCUT2D eigenvalue weighted by molar-refractivity contribution is -0.133. The van der Waals surface area contributed by atoms with Gasteiger partial charge in [0.15, 0.2) is 0 Å². The van der Waals surface area contributed by atoms with Gasteiger partial charge in [-0.05, 0) is 19.3 Å². The van der Waals surface area contributed by atoms with E-state index in [4.69, 9.17) is 5.11 Å². The molecule has 0 aromatic rings. The van der Waals surface area contributed by atoms with E-state index < -0.39 is 5.97 Å². The molecule has 1 atom stereocenters. The highest BCUT2D eigenvalue weighted by Crippen LogP contribution is 2.09. The van der Waals surface area contributed by atoms with Gasteiger partial charge in [-0.3, -0.25) is 9.59 Å². The second-order valence-electron chi connectivity index (χ2n) is 3.82. The number of nitrogens with one attached hydrogen (secondary N) is 1. The lowest BCUT2D eigenvalue weighted by Gasteiger charge is -2.11. The van der Waals surface area contributed by atoms with Crippen molar-refractivity contribution in [3.63, 3.8) is 0 Å². The Bertz CT molecular complexity index is 219. The van der Waals surface area contributed by atoms with Gasteiger partial charge in [-0.2, -0.15) is 0 Å². The van der Waals surface area contributed by atoms with Crippen LogP contribution in [0.3, 0.4) is 0 Å². The Morgan fingerprint density at radius 1 is 1.33 bits per heavy atom. The first-order chi connectivity index (χ1) is 6.93. The molecule has 0 rings (SSSR count). The Morgan fingerprint density at radius 2 is 1.93 bits per heavy atom. The minimum absolute atomic E-state index is 0.0290. The summed E-state index contributed by atoms with van der Waals surface area (Å²) in [5.74, 6) is -0.435. The van der Waals surface area contributed by atoms with E-state index in [1.807, 2.05) is 0 Å². The molecule has 88 valence electrons. The lowest BCUT2D eigenvalue weighted by atomic mass is 10.1. The van der Waals surface area contributed by atoms with Crippen LogP contribution in [0.1, 0.15) is 27.2 Å². The Kier molecular flexibility index (Phi) is 7.21. The molecule has 0 saturated carbocycles. The molecule has 4 nitrogen and oxygen atoms in total. The first-order valence-electron chi connectivity index (χ1n) is 5.04. The third-order valence-electron chi connectivity index (χ3n) is 1.85. The van der Waals surface area contributed by atoms with Crippen LogP contribution in [-0.4, -0.2) is 34.5 Å². The van der Waals surface area contributed by atoms with Gasteiger partial charge in [-0.25, -0.2) is 0 Å². The summed E-state index contributed by atoms with van der Waals surface area (Å²) >= 11 is 1.14. The fourth-order valence-corrected chi connectivity index (χ4v) is 1.53. The van der Waals surface area contributed by atoms with Crippen LogP contribution in [0.2, 0.25) is 0 Å². The maximum absolute atomic E-state index is 11.4. The summed E-state index contributed by atoms with van der Waals surface area (Å²) < 4.78 is 0. The average molecular weight is 233 g/mol. The Morgan fingerprint density at radius 3 is 2.40 bits per heavy atom. The molecule has 0 aromatic heterocycles.